The molecule has 3 nitrogen and oxygen atoms in total. The number of ether oxygens (including phenoxy) is 1. The van der Waals surface area contributed by atoms with Gasteiger partial charge in [0.05, 0.1) is 7.11 Å². The van der Waals surface area contributed by atoms with Crippen LogP contribution in [-0.2, 0) is 10.8 Å². The molecule has 1 aromatic carbocycles. The first-order valence-electron chi connectivity index (χ1n) is 6.33. The molecule has 0 fully saturated rings. The molecule has 2 unspecified atom stereocenters. The van der Waals surface area contributed by atoms with Crippen LogP contribution in [0.1, 0.15) is 36.9 Å². The summed E-state index contributed by atoms with van der Waals surface area (Å²) in [6.07, 6.45) is 2.05. The molecule has 2 atom stereocenters. The van der Waals surface area contributed by atoms with Crippen LogP contribution in [0, 0.1) is 6.92 Å². The fraction of sp³-hybridized carbons (Fsp3) is 0.571. The van der Waals surface area contributed by atoms with Crippen LogP contribution in [0.3, 0.4) is 0 Å². The number of benzene rings is 1. The Morgan fingerprint density at radius 2 is 2.17 bits per heavy atom. The van der Waals surface area contributed by atoms with E-state index in [4.69, 9.17) is 10.5 Å². The van der Waals surface area contributed by atoms with E-state index in [-0.39, 0.29) is 6.04 Å². The molecule has 0 bridgehead atoms. The van der Waals surface area contributed by atoms with Gasteiger partial charge in [0.1, 0.15) is 5.75 Å². The summed E-state index contributed by atoms with van der Waals surface area (Å²) in [6.45, 7) is 4.12. The maximum Gasteiger partial charge on any atom is 0.123 e. The maximum absolute atomic E-state index is 11.9. The Hall–Kier alpha value is -0.870. The molecule has 0 aliphatic carbocycles. The molecule has 0 radical (unpaired) electrons. The topological polar surface area (TPSA) is 52.3 Å². The monoisotopic (exact) mass is 269 g/mol. The summed E-state index contributed by atoms with van der Waals surface area (Å²) in [6, 6.07) is 5.70. The highest BCUT2D eigenvalue weighted by Gasteiger charge is 2.15. The Balaban J connectivity index is 2.73. The van der Waals surface area contributed by atoms with Gasteiger partial charge >= 0.3 is 0 Å². The van der Waals surface area contributed by atoms with E-state index < -0.39 is 10.8 Å². The number of methoxy groups -OCH3 is 1. The lowest BCUT2D eigenvalue weighted by Crippen LogP contribution is -2.20. The molecule has 0 heterocycles. The average Bonchev–Trinajstić information content (AvgIpc) is 2.36. The molecular formula is C14H23NO2S. The van der Waals surface area contributed by atoms with Crippen LogP contribution in [-0.4, -0.2) is 22.8 Å². The maximum atomic E-state index is 11.9. The zero-order valence-corrected chi connectivity index (χ0v) is 12.3. The molecule has 0 aliphatic heterocycles. The zero-order valence-electron chi connectivity index (χ0n) is 11.4. The van der Waals surface area contributed by atoms with Crippen molar-refractivity contribution in [3.63, 3.8) is 0 Å². The van der Waals surface area contributed by atoms with E-state index in [1.165, 1.54) is 0 Å². The van der Waals surface area contributed by atoms with Crippen LogP contribution in [0.15, 0.2) is 18.2 Å². The fourth-order valence-electron chi connectivity index (χ4n) is 1.82. The summed E-state index contributed by atoms with van der Waals surface area (Å²) in [5.74, 6) is 2.01. The minimum atomic E-state index is -0.848. The predicted molar refractivity (Wildman–Crippen MR) is 77.4 cm³/mol. The Kier molecular flexibility index (Phi) is 6.36. The summed E-state index contributed by atoms with van der Waals surface area (Å²) in [7, 11) is 0.786. The first-order chi connectivity index (χ1) is 8.58. The minimum absolute atomic E-state index is 0.225. The second kappa shape index (κ2) is 7.54. The summed E-state index contributed by atoms with van der Waals surface area (Å²) in [4.78, 5) is 0. The van der Waals surface area contributed by atoms with Gasteiger partial charge in [-0.15, -0.1) is 0 Å². The van der Waals surface area contributed by atoms with Gasteiger partial charge in [0.25, 0.3) is 0 Å². The molecule has 2 N–H and O–H groups in total. The number of rotatable bonds is 7. The molecule has 0 saturated heterocycles. The van der Waals surface area contributed by atoms with E-state index in [9.17, 15) is 4.21 Å². The van der Waals surface area contributed by atoms with Crippen LogP contribution in [0.5, 0.6) is 5.75 Å². The zero-order chi connectivity index (χ0) is 13.5. The van der Waals surface area contributed by atoms with Crippen LogP contribution >= 0.6 is 0 Å². The first-order valence-corrected chi connectivity index (χ1v) is 7.82. The highest BCUT2D eigenvalue weighted by molar-refractivity contribution is 7.85. The molecule has 0 aliphatic rings. The van der Waals surface area contributed by atoms with Crippen molar-refractivity contribution < 1.29 is 8.95 Å². The van der Waals surface area contributed by atoms with Crippen LogP contribution in [0.2, 0.25) is 0 Å². The van der Waals surface area contributed by atoms with E-state index in [0.29, 0.717) is 5.75 Å². The second-order valence-corrected chi connectivity index (χ2v) is 6.14. The number of hydrogen-bond donors (Lipinski definition) is 1. The lowest BCUT2D eigenvalue weighted by molar-refractivity contribution is 0.407. The molecular weight excluding hydrogens is 246 g/mol. The third-order valence-corrected chi connectivity index (χ3v) is 4.35. The van der Waals surface area contributed by atoms with Crippen LogP contribution < -0.4 is 10.5 Å². The highest BCUT2D eigenvalue weighted by atomic mass is 32.2. The SMILES string of the molecule is CCCCS(=O)CC(N)c1cc(C)ccc1OC. The second-order valence-electron chi connectivity index (χ2n) is 4.52. The summed E-state index contributed by atoms with van der Waals surface area (Å²) in [5.41, 5.74) is 8.23. The summed E-state index contributed by atoms with van der Waals surface area (Å²) < 4.78 is 17.2. The Labute approximate surface area is 112 Å². The van der Waals surface area contributed by atoms with Gasteiger partial charge in [0.15, 0.2) is 0 Å². The van der Waals surface area contributed by atoms with E-state index in [1.54, 1.807) is 7.11 Å². The van der Waals surface area contributed by atoms with E-state index in [0.717, 1.165) is 35.5 Å². The van der Waals surface area contributed by atoms with Gasteiger partial charge in [0.2, 0.25) is 0 Å². The number of nitrogens with two attached hydrogens (primary N) is 1. The third kappa shape index (κ3) is 4.42. The van der Waals surface area contributed by atoms with Crippen LogP contribution in [0.4, 0.5) is 0 Å². The van der Waals surface area contributed by atoms with E-state index in [1.807, 2.05) is 25.1 Å². The Bertz CT molecular complexity index is 407. The largest absolute Gasteiger partial charge is 0.496 e. The number of aryl methyl sites for hydroxylation is 1. The fourth-order valence-corrected chi connectivity index (χ4v) is 3.18. The molecule has 0 saturated carbocycles. The third-order valence-electron chi connectivity index (χ3n) is 2.88. The molecule has 1 aromatic rings. The van der Waals surface area contributed by atoms with Crippen molar-refractivity contribution in [2.75, 3.05) is 18.6 Å². The lowest BCUT2D eigenvalue weighted by atomic mass is 10.1. The predicted octanol–water partition coefficient (Wildman–Crippen LogP) is 2.55. The van der Waals surface area contributed by atoms with Crippen molar-refractivity contribution in [1.82, 2.24) is 0 Å². The van der Waals surface area contributed by atoms with Crippen molar-refractivity contribution in [1.29, 1.82) is 0 Å². The smallest absolute Gasteiger partial charge is 0.123 e. The molecule has 0 spiro atoms. The normalized spacial score (nSPS) is 14.2. The van der Waals surface area contributed by atoms with E-state index in [2.05, 4.69) is 6.92 Å². The minimum Gasteiger partial charge on any atom is -0.496 e. The van der Waals surface area contributed by atoms with Gasteiger partial charge in [-0.05, 0) is 19.4 Å². The Morgan fingerprint density at radius 1 is 1.44 bits per heavy atom. The van der Waals surface area contributed by atoms with Crippen molar-refractivity contribution in [3.05, 3.63) is 29.3 Å². The Morgan fingerprint density at radius 3 is 2.78 bits per heavy atom. The lowest BCUT2D eigenvalue weighted by Gasteiger charge is -2.16. The van der Waals surface area contributed by atoms with Gasteiger partial charge in [-0.1, -0.05) is 31.0 Å². The molecule has 1 rings (SSSR count). The number of hydrogen-bond acceptors (Lipinski definition) is 3. The van der Waals surface area contributed by atoms with Crippen molar-refractivity contribution in [2.45, 2.75) is 32.7 Å². The van der Waals surface area contributed by atoms with E-state index >= 15 is 0 Å². The summed E-state index contributed by atoms with van der Waals surface area (Å²) >= 11 is 0. The van der Waals surface area contributed by atoms with Crippen molar-refractivity contribution in [2.24, 2.45) is 5.73 Å². The van der Waals surface area contributed by atoms with Gasteiger partial charge in [-0.3, -0.25) is 4.21 Å². The molecule has 18 heavy (non-hydrogen) atoms. The van der Waals surface area contributed by atoms with Gasteiger partial charge in [0, 0.05) is 33.9 Å². The molecule has 4 heteroatoms. The molecule has 0 aromatic heterocycles. The van der Waals surface area contributed by atoms with Crippen LogP contribution in [0.25, 0.3) is 0 Å². The standard InChI is InChI=1S/C14H23NO2S/c1-4-5-8-18(16)10-13(15)12-9-11(2)6-7-14(12)17-3/h6-7,9,13H,4-5,8,10,15H2,1-3H3. The summed E-state index contributed by atoms with van der Waals surface area (Å²) in [5, 5.41) is 0. The first kappa shape index (κ1) is 15.2. The van der Waals surface area contributed by atoms with Crippen molar-refractivity contribution in [3.8, 4) is 5.75 Å². The van der Waals surface area contributed by atoms with Gasteiger partial charge in [-0.2, -0.15) is 0 Å². The quantitative estimate of drug-likeness (QED) is 0.827. The average molecular weight is 269 g/mol. The highest BCUT2D eigenvalue weighted by Crippen LogP contribution is 2.25. The van der Waals surface area contributed by atoms with Gasteiger partial charge in [-0.25, -0.2) is 0 Å². The molecule has 102 valence electrons. The van der Waals surface area contributed by atoms with Crippen molar-refractivity contribution >= 4 is 10.8 Å². The number of unbranched alkanes of at least 4 members (excludes halogenated alkanes) is 1. The molecule has 0 amide bonds. The van der Waals surface area contributed by atoms with Gasteiger partial charge < -0.3 is 10.5 Å².